The third-order valence-corrected chi connectivity index (χ3v) is 5.00. The molecule has 14 nitrogen and oxygen atoms in total. The lowest BCUT2D eigenvalue weighted by Crippen LogP contribution is -2.68. The Balaban J connectivity index is 2.12. The first-order chi connectivity index (χ1) is 12.3. The van der Waals surface area contributed by atoms with Gasteiger partial charge in [0.05, 0.1) is 12.6 Å². The third kappa shape index (κ3) is 5.01. The molecule has 0 spiro atoms. The Morgan fingerprint density at radius 3 is 1.78 bits per heavy atom. The van der Waals surface area contributed by atoms with Gasteiger partial charge >= 0.3 is 7.82 Å². The summed E-state index contributed by atoms with van der Waals surface area (Å²) in [6.45, 7) is -0.852. The summed E-state index contributed by atoms with van der Waals surface area (Å²) in [5.74, 6) is 0. The molecule has 15 heteroatoms. The fourth-order valence-electron chi connectivity index (χ4n) is 2.90. The van der Waals surface area contributed by atoms with Crippen molar-refractivity contribution in [3.8, 4) is 0 Å². The van der Waals surface area contributed by atoms with Gasteiger partial charge in [0.1, 0.15) is 54.9 Å². The summed E-state index contributed by atoms with van der Waals surface area (Å²) in [7, 11) is -4.91. The molecule has 1 heterocycles. The molecule has 2 rings (SSSR count). The molecule has 1 aliphatic carbocycles. The van der Waals surface area contributed by atoms with E-state index in [-0.39, 0.29) is 0 Å². The van der Waals surface area contributed by atoms with Crippen LogP contribution < -0.4 is 5.73 Å². The minimum absolute atomic E-state index is 0.852. The van der Waals surface area contributed by atoms with Crippen molar-refractivity contribution >= 4 is 7.82 Å². The molecule has 11 atom stereocenters. The number of rotatable bonds is 5. The molecular formula is C12H24NO13P. The minimum Gasteiger partial charge on any atom is -0.388 e. The lowest BCUT2D eigenvalue weighted by atomic mass is 9.84. The van der Waals surface area contributed by atoms with E-state index in [1.807, 2.05) is 0 Å². The van der Waals surface area contributed by atoms with Crippen LogP contribution in [0.15, 0.2) is 0 Å². The van der Waals surface area contributed by atoms with E-state index in [2.05, 4.69) is 4.52 Å². The molecule has 0 amide bonds. The molecule has 0 radical (unpaired) electrons. The highest BCUT2D eigenvalue weighted by molar-refractivity contribution is 7.46. The van der Waals surface area contributed by atoms with Gasteiger partial charge in [-0.05, 0) is 0 Å². The van der Waals surface area contributed by atoms with Gasteiger partial charge in [-0.25, -0.2) is 4.57 Å². The molecule has 0 aromatic rings. The maximum absolute atomic E-state index is 10.8. The van der Waals surface area contributed by atoms with Gasteiger partial charge in [-0.15, -0.1) is 0 Å². The van der Waals surface area contributed by atoms with Crippen LogP contribution in [0.25, 0.3) is 0 Å². The Morgan fingerprint density at radius 1 is 0.815 bits per heavy atom. The molecule has 2 fully saturated rings. The predicted octanol–water partition coefficient (Wildman–Crippen LogP) is -5.93. The highest BCUT2D eigenvalue weighted by atomic mass is 31.2. The van der Waals surface area contributed by atoms with Crippen LogP contribution in [0.3, 0.4) is 0 Å². The van der Waals surface area contributed by atoms with Gasteiger partial charge in [0.2, 0.25) is 0 Å². The van der Waals surface area contributed by atoms with Gasteiger partial charge < -0.3 is 60.7 Å². The number of phosphoric acid groups is 1. The maximum Gasteiger partial charge on any atom is 0.469 e. The van der Waals surface area contributed by atoms with E-state index >= 15 is 0 Å². The zero-order valence-electron chi connectivity index (χ0n) is 13.7. The average molecular weight is 421 g/mol. The Hall–Kier alpha value is -0.290. The van der Waals surface area contributed by atoms with E-state index in [9.17, 15) is 40.3 Å². The van der Waals surface area contributed by atoms with E-state index < -0.39 is 81.7 Å². The lowest BCUT2D eigenvalue weighted by molar-refractivity contribution is -0.316. The summed E-state index contributed by atoms with van der Waals surface area (Å²) in [5, 5.41) is 68.7. The smallest absolute Gasteiger partial charge is 0.388 e. The van der Waals surface area contributed by atoms with Gasteiger partial charge in [-0.1, -0.05) is 0 Å². The Kier molecular flexibility index (Phi) is 7.33. The Morgan fingerprint density at radius 2 is 1.30 bits per heavy atom. The fraction of sp³-hybridized carbons (Fsp3) is 1.00. The quantitative estimate of drug-likeness (QED) is 0.186. The first-order valence-electron chi connectivity index (χ1n) is 7.88. The first-order valence-corrected chi connectivity index (χ1v) is 9.41. The van der Waals surface area contributed by atoms with Crippen molar-refractivity contribution in [2.75, 3.05) is 6.61 Å². The topological polar surface area (TPSA) is 253 Å². The largest absolute Gasteiger partial charge is 0.469 e. The summed E-state index contributed by atoms with van der Waals surface area (Å²) < 4.78 is 25.4. The van der Waals surface area contributed by atoms with Crippen LogP contribution in [-0.4, -0.2) is 119 Å². The number of aliphatic hydroxyl groups is 7. The summed E-state index contributed by atoms with van der Waals surface area (Å²) in [4.78, 5) is 17.4. The van der Waals surface area contributed by atoms with Crippen LogP contribution in [0, 0.1) is 0 Å². The van der Waals surface area contributed by atoms with Crippen LogP contribution in [0.2, 0.25) is 0 Å². The molecule has 2 unspecified atom stereocenters. The average Bonchev–Trinajstić information content (AvgIpc) is 2.60. The van der Waals surface area contributed by atoms with Crippen molar-refractivity contribution in [2.45, 2.75) is 67.3 Å². The number of hydrogen-bond donors (Lipinski definition) is 10. The zero-order valence-corrected chi connectivity index (χ0v) is 14.6. The molecular weight excluding hydrogens is 397 g/mol. The molecule has 1 saturated carbocycles. The van der Waals surface area contributed by atoms with E-state index in [4.69, 9.17) is 25.0 Å². The van der Waals surface area contributed by atoms with Crippen molar-refractivity contribution in [1.82, 2.24) is 0 Å². The summed E-state index contributed by atoms with van der Waals surface area (Å²) in [6, 6.07) is -1.44. The Bertz CT molecular complexity index is 531. The van der Waals surface area contributed by atoms with Crippen LogP contribution >= 0.6 is 7.82 Å². The zero-order chi connectivity index (χ0) is 20.7. The van der Waals surface area contributed by atoms with Crippen molar-refractivity contribution in [3.05, 3.63) is 0 Å². The predicted molar refractivity (Wildman–Crippen MR) is 81.6 cm³/mol. The lowest BCUT2D eigenvalue weighted by Gasteiger charge is -2.46. The second-order valence-electron chi connectivity index (χ2n) is 6.44. The van der Waals surface area contributed by atoms with Crippen LogP contribution in [0.5, 0.6) is 0 Å². The molecule has 0 aromatic carbocycles. The highest BCUT2D eigenvalue weighted by Gasteiger charge is 2.52. The van der Waals surface area contributed by atoms with Crippen molar-refractivity contribution in [2.24, 2.45) is 5.73 Å². The number of nitrogens with two attached hydrogens (primary N) is 1. The normalized spacial score (nSPS) is 49.2. The first kappa shape index (κ1) is 23.0. The van der Waals surface area contributed by atoms with E-state index in [1.165, 1.54) is 0 Å². The van der Waals surface area contributed by atoms with Crippen LogP contribution in [0.4, 0.5) is 0 Å². The fourth-order valence-corrected chi connectivity index (χ4v) is 3.24. The second kappa shape index (κ2) is 8.61. The number of phosphoric ester groups is 1. The monoisotopic (exact) mass is 421 g/mol. The number of ether oxygens (including phenoxy) is 2. The summed E-state index contributed by atoms with van der Waals surface area (Å²) in [5.41, 5.74) is 5.67. The van der Waals surface area contributed by atoms with Gasteiger partial charge in [-0.3, -0.25) is 4.52 Å². The molecule has 27 heavy (non-hydrogen) atoms. The SMILES string of the molecule is N[C@H]1[C@@H](OC2[C@@H](O)[C@H](O)C(O)[C@H](O)[C@@H]2O)O[C@H](COP(=O)(O)O)[C@@H](O)[C@@H]1O. The van der Waals surface area contributed by atoms with Gasteiger partial charge in [0.25, 0.3) is 0 Å². The van der Waals surface area contributed by atoms with Gasteiger partial charge in [0, 0.05) is 0 Å². The third-order valence-electron chi connectivity index (χ3n) is 4.52. The molecule has 0 aromatic heterocycles. The van der Waals surface area contributed by atoms with E-state index in [0.717, 1.165) is 0 Å². The highest BCUT2D eigenvalue weighted by Crippen LogP contribution is 2.37. The number of aliphatic hydroxyl groups excluding tert-OH is 7. The molecule has 2 aliphatic rings. The van der Waals surface area contributed by atoms with E-state index in [0.29, 0.717) is 0 Å². The van der Waals surface area contributed by atoms with Crippen molar-refractivity contribution in [3.63, 3.8) is 0 Å². The van der Waals surface area contributed by atoms with Gasteiger partial charge in [0.15, 0.2) is 6.29 Å². The Labute approximate surface area is 152 Å². The summed E-state index contributed by atoms with van der Waals surface area (Å²) in [6.07, 6.45) is -17.6. The number of hydrogen-bond acceptors (Lipinski definition) is 12. The molecule has 160 valence electrons. The summed E-state index contributed by atoms with van der Waals surface area (Å²) >= 11 is 0. The molecule has 1 saturated heterocycles. The maximum atomic E-state index is 10.8. The van der Waals surface area contributed by atoms with Crippen molar-refractivity contribution < 1.29 is 64.1 Å². The standard InChI is InChI=1S/C12H24NO13P/c13-3-5(15)4(14)2(1-24-27(21,22)23)25-12(3)26-11-9(19)7(17)6(16)8(18)10(11)20/h2-12,14-20H,1,13H2,(H2,21,22,23)/t2-,3-,4-,5-,6?,7-,8+,9+,10+,11?,12-/m1/s1. The van der Waals surface area contributed by atoms with Crippen LogP contribution in [0.1, 0.15) is 0 Å². The molecule has 11 N–H and O–H groups in total. The minimum atomic E-state index is -4.91. The van der Waals surface area contributed by atoms with Gasteiger partial charge in [-0.2, -0.15) is 0 Å². The molecule has 1 aliphatic heterocycles. The van der Waals surface area contributed by atoms with E-state index in [1.54, 1.807) is 0 Å². The second-order valence-corrected chi connectivity index (χ2v) is 7.68. The molecule has 0 bridgehead atoms. The van der Waals surface area contributed by atoms with Crippen molar-refractivity contribution in [1.29, 1.82) is 0 Å². The van der Waals surface area contributed by atoms with Crippen LogP contribution in [-0.2, 0) is 18.6 Å².